The van der Waals surface area contributed by atoms with Crippen molar-refractivity contribution in [1.29, 1.82) is 0 Å². The van der Waals surface area contributed by atoms with E-state index in [1.54, 1.807) is 29.2 Å². The van der Waals surface area contributed by atoms with Gasteiger partial charge in [-0.3, -0.25) is 0 Å². The standard InChI is InChI=1S/C14H17F3N6O2S/c15-14(16,17)2-9-26(24,25)22-7-5-21(6-8-22)12-10-13(19-11-18-12)23-4-1-3-20-23/h1,3-4,10-11H,2,5-9H2. The average Bonchev–Trinajstić information content (AvgIpc) is 3.15. The Hall–Kier alpha value is -2.21. The maximum atomic E-state index is 12.3. The van der Waals surface area contributed by atoms with E-state index in [-0.39, 0.29) is 13.1 Å². The SMILES string of the molecule is O=S(=O)(CCC(F)(F)F)N1CCN(c2cc(-n3cccn3)ncn2)CC1. The molecule has 0 radical (unpaired) electrons. The largest absolute Gasteiger partial charge is 0.390 e. The minimum atomic E-state index is -4.49. The lowest BCUT2D eigenvalue weighted by Crippen LogP contribution is -2.49. The van der Waals surface area contributed by atoms with Gasteiger partial charge in [0.1, 0.15) is 12.1 Å². The second-order valence-electron chi connectivity index (χ2n) is 5.75. The summed E-state index contributed by atoms with van der Waals surface area (Å²) in [6, 6.07) is 3.48. The summed E-state index contributed by atoms with van der Waals surface area (Å²) < 4.78 is 63.6. The second-order valence-corrected chi connectivity index (χ2v) is 7.84. The van der Waals surface area contributed by atoms with Crippen LogP contribution < -0.4 is 4.90 Å². The van der Waals surface area contributed by atoms with Gasteiger partial charge in [-0.05, 0) is 6.07 Å². The van der Waals surface area contributed by atoms with Gasteiger partial charge in [-0.15, -0.1) is 0 Å². The molecule has 0 saturated carbocycles. The van der Waals surface area contributed by atoms with Gasteiger partial charge < -0.3 is 4.90 Å². The van der Waals surface area contributed by atoms with Crippen molar-refractivity contribution in [3.05, 3.63) is 30.9 Å². The van der Waals surface area contributed by atoms with E-state index < -0.39 is 28.4 Å². The molecule has 0 aromatic carbocycles. The third-order valence-corrected chi connectivity index (χ3v) is 5.85. The number of piperazine rings is 1. The number of halogens is 3. The van der Waals surface area contributed by atoms with Crippen molar-refractivity contribution in [1.82, 2.24) is 24.1 Å². The maximum Gasteiger partial charge on any atom is 0.390 e. The van der Waals surface area contributed by atoms with Crippen LogP contribution in [0.2, 0.25) is 0 Å². The van der Waals surface area contributed by atoms with Gasteiger partial charge in [0.15, 0.2) is 5.82 Å². The van der Waals surface area contributed by atoms with Crippen molar-refractivity contribution in [3.63, 3.8) is 0 Å². The molecule has 12 heteroatoms. The van der Waals surface area contributed by atoms with E-state index in [9.17, 15) is 21.6 Å². The zero-order chi connectivity index (χ0) is 18.8. The lowest BCUT2D eigenvalue weighted by Gasteiger charge is -2.34. The minimum Gasteiger partial charge on any atom is -0.354 e. The number of sulfonamides is 1. The first-order chi connectivity index (χ1) is 12.2. The van der Waals surface area contributed by atoms with Gasteiger partial charge in [-0.2, -0.15) is 22.6 Å². The molecule has 0 atom stereocenters. The number of rotatable bonds is 5. The number of alkyl halides is 3. The number of aromatic nitrogens is 4. The van der Waals surface area contributed by atoms with Crippen LogP contribution in [0.15, 0.2) is 30.9 Å². The smallest absolute Gasteiger partial charge is 0.354 e. The van der Waals surface area contributed by atoms with Gasteiger partial charge in [0, 0.05) is 44.6 Å². The first-order valence-electron chi connectivity index (χ1n) is 7.86. The Labute approximate surface area is 148 Å². The van der Waals surface area contributed by atoms with Gasteiger partial charge in [-0.1, -0.05) is 0 Å². The van der Waals surface area contributed by atoms with Crippen molar-refractivity contribution in [2.75, 3.05) is 36.8 Å². The molecule has 0 bridgehead atoms. The monoisotopic (exact) mass is 390 g/mol. The van der Waals surface area contributed by atoms with E-state index >= 15 is 0 Å². The van der Waals surface area contributed by atoms with Gasteiger partial charge in [-0.25, -0.2) is 23.1 Å². The quantitative estimate of drug-likeness (QED) is 0.759. The van der Waals surface area contributed by atoms with Gasteiger partial charge >= 0.3 is 6.18 Å². The van der Waals surface area contributed by atoms with Crippen molar-refractivity contribution in [2.24, 2.45) is 0 Å². The van der Waals surface area contributed by atoms with Crippen LogP contribution in [-0.2, 0) is 10.0 Å². The summed E-state index contributed by atoms with van der Waals surface area (Å²) in [5.41, 5.74) is 0. The van der Waals surface area contributed by atoms with Crippen LogP contribution in [0, 0.1) is 0 Å². The molecule has 1 saturated heterocycles. The third kappa shape index (κ3) is 4.49. The number of nitrogens with zero attached hydrogens (tertiary/aromatic N) is 6. The van der Waals surface area contributed by atoms with E-state index in [1.165, 1.54) is 6.33 Å². The number of hydrogen-bond acceptors (Lipinski definition) is 6. The molecule has 0 amide bonds. The highest BCUT2D eigenvalue weighted by atomic mass is 32.2. The van der Waals surface area contributed by atoms with E-state index in [2.05, 4.69) is 15.1 Å². The Bertz CT molecular complexity index is 833. The van der Waals surface area contributed by atoms with E-state index in [4.69, 9.17) is 0 Å². The van der Waals surface area contributed by atoms with Crippen molar-refractivity contribution in [3.8, 4) is 5.82 Å². The van der Waals surface area contributed by atoms with Crippen LogP contribution >= 0.6 is 0 Å². The topological polar surface area (TPSA) is 84.2 Å². The number of hydrogen-bond donors (Lipinski definition) is 0. The maximum absolute atomic E-state index is 12.3. The molecule has 1 fully saturated rings. The molecule has 1 aliphatic rings. The van der Waals surface area contributed by atoms with Gasteiger partial charge in [0.05, 0.1) is 12.2 Å². The summed E-state index contributed by atoms with van der Waals surface area (Å²) in [4.78, 5) is 10.2. The van der Waals surface area contributed by atoms with Gasteiger partial charge in [0.2, 0.25) is 10.0 Å². The van der Waals surface area contributed by atoms with Crippen LogP contribution in [0.25, 0.3) is 5.82 Å². The molecule has 1 aliphatic heterocycles. The Morgan fingerprint density at radius 1 is 1.08 bits per heavy atom. The lowest BCUT2D eigenvalue weighted by atomic mass is 10.3. The van der Waals surface area contributed by atoms with Gasteiger partial charge in [0.25, 0.3) is 0 Å². The lowest BCUT2D eigenvalue weighted by molar-refractivity contribution is -0.130. The fourth-order valence-corrected chi connectivity index (χ4v) is 4.08. The summed E-state index contributed by atoms with van der Waals surface area (Å²) in [6.45, 7) is 0.893. The summed E-state index contributed by atoms with van der Waals surface area (Å²) in [6.07, 6.45) is -1.09. The van der Waals surface area contributed by atoms with Crippen LogP contribution in [0.4, 0.5) is 19.0 Å². The van der Waals surface area contributed by atoms with E-state index in [0.29, 0.717) is 24.7 Å². The molecule has 3 rings (SSSR count). The van der Waals surface area contributed by atoms with Crippen molar-refractivity contribution >= 4 is 15.8 Å². The third-order valence-electron chi connectivity index (χ3n) is 3.98. The Morgan fingerprint density at radius 3 is 2.38 bits per heavy atom. The fourth-order valence-electron chi connectivity index (χ4n) is 2.61. The summed E-state index contributed by atoms with van der Waals surface area (Å²) in [5.74, 6) is 0.256. The van der Waals surface area contributed by atoms with E-state index in [1.807, 2.05) is 4.90 Å². The molecule has 0 spiro atoms. The minimum absolute atomic E-state index is 0.112. The molecule has 0 unspecified atom stereocenters. The summed E-state index contributed by atoms with van der Waals surface area (Å²) in [7, 11) is -3.93. The fraction of sp³-hybridized carbons (Fsp3) is 0.500. The van der Waals surface area contributed by atoms with Crippen molar-refractivity contribution < 1.29 is 21.6 Å². The molecule has 26 heavy (non-hydrogen) atoms. The molecular formula is C14H17F3N6O2S. The Balaban J connectivity index is 1.63. The van der Waals surface area contributed by atoms with Crippen LogP contribution in [0.1, 0.15) is 6.42 Å². The highest BCUT2D eigenvalue weighted by molar-refractivity contribution is 7.89. The first kappa shape index (κ1) is 18.6. The Kier molecular flexibility index (Phi) is 5.14. The highest BCUT2D eigenvalue weighted by Gasteiger charge is 2.33. The summed E-state index contributed by atoms with van der Waals surface area (Å²) in [5, 5.41) is 4.09. The summed E-state index contributed by atoms with van der Waals surface area (Å²) >= 11 is 0. The first-order valence-corrected chi connectivity index (χ1v) is 9.47. The van der Waals surface area contributed by atoms with Crippen molar-refractivity contribution in [2.45, 2.75) is 12.6 Å². The molecule has 0 aliphatic carbocycles. The molecule has 8 nitrogen and oxygen atoms in total. The normalized spacial score (nSPS) is 16.8. The molecular weight excluding hydrogens is 373 g/mol. The predicted molar refractivity (Wildman–Crippen MR) is 87.4 cm³/mol. The zero-order valence-electron chi connectivity index (χ0n) is 13.7. The number of anilines is 1. The van der Waals surface area contributed by atoms with Crippen LogP contribution in [-0.4, -0.2) is 70.6 Å². The average molecular weight is 390 g/mol. The highest BCUT2D eigenvalue weighted by Crippen LogP contribution is 2.22. The predicted octanol–water partition coefficient (Wildman–Crippen LogP) is 1.07. The second kappa shape index (κ2) is 7.19. The molecule has 0 N–H and O–H groups in total. The van der Waals surface area contributed by atoms with Crippen LogP contribution in [0.5, 0.6) is 0 Å². The zero-order valence-corrected chi connectivity index (χ0v) is 14.5. The van der Waals surface area contributed by atoms with E-state index in [0.717, 1.165) is 4.31 Å². The Morgan fingerprint density at radius 2 is 1.77 bits per heavy atom. The molecule has 2 aromatic rings. The molecule has 3 heterocycles. The molecule has 2 aromatic heterocycles. The molecule has 142 valence electrons. The van der Waals surface area contributed by atoms with Crippen LogP contribution in [0.3, 0.4) is 0 Å².